The highest BCUT2D eigenvalue weighted by Crippen LogP contribution is 2.26. The Labute approximate surface area is 144 Å². The minimum atomic E-state index is 0.444. The van der Waals surface area contributed by atoms with E-state index in [9.17, 15) is 0 Å². The predicted octanol–water partition coefficient (Wildman–Crippen LogP) is 2.32. The van der Waals surface area contributed by atoms with Crippen molar-refractivity contribution in [2.45, 2.75) is 38.4 Å². The van der Waals surface area contributed by atoms with Gasteiger partial charge in [-0.15, -0.1) is 5.10 Å². The van der Waals surface area contributed by atoms with Gasteiger partial charge in [-0.2, -0.15) is 16.4 Å². The number of piperidine rings is 1. The standard InChI is InChI=1S/C16H21N7S/c1-13(8-22-12-17-11-18-22)21-5-2-15(3-6-21)23-9-16(19-20-23)14-4-7-24-10-14/h4,7,9-13,15H,2-3,5-6,8H2,1H3. The van der Waals surface area contributed by atoms with E-state index in [2.05, 4.69) is 55.2 Å². The second-order valence-electron chi connectivity index (χ2n) is 6.33. The quantitative estimate of drug-likeness (QED) is 0.711. The lowest BCUT2D eigenvalue weighted by Crippen LogP contribution is -2.42. The summed E-state index contributed by atoms with van der Waals surface area (Å²) in [5.41, 5.74) is 2.13. The third-order valence-corrected chi connectivity index (χ3v) is 5.42. The highest BCUT2D eigenvalue weighted by Gasteiger charge is 2.25. The van der Waals surface area contributed by atoms with Crippen LogP contribution in [0, 0.1) is 0 Å². The summed E-state index contributed by atoms with van der Waals surface area (Å²) in [5.74, 6) is 0. The van der Waals surface area contributed by atoms with Gasteiger partial charge in [-0.25, -0.2) is 9.67 Å². The minimum Gasteiger partial charge on any atom is -0.299 e. The molecule has 1 aliphatic rings. The number of thiophene rings is 1. The largest absolute Gasteiger partial charge is 0.299 e. The number of nitrogens with zero attached hydrogens (tertiary/aromatic N) is 7. The Morgan fingerprint density at radius 2 is 2.21 bits per heavy atom. The van der Waals surface area contributed by atoms with Gasteiger partial charge in [-0.05, 0) is 31.2 Å². The predicted molar refractivity (Wildman–Crippen MR) is 92.7 cm³/mol. The van der Waals surface area contributed by atoms with E-state index in [0.29, 0.717) is 12.1 Å². The van der Waals surface area contributed by atoms with Gasteiger partial charge >= 0.3 is 0 Å². The van der Waals surface area contributed by atoms with Crippen molar-refractivity contribution in [3.05, 3.63) is 35.7 Å². The lowest BCUT2D eigenvalue weighted by atomic mass is 10.0. The van der Waals surface area contributed by atoms with Crippen LogP contribution in [-0.2, 0) is 6.54 Å². The van der Waals surface area contributed by atoms with Gasteiger partial charge in [0.05, 0.1) is 18.8 Å². The Morgan fingerprint density at radius 1 is 1.33 bits per heavy atom. The molecule has 1 unspecified atom stereocenters. The smallest absolute Gasteiger partial charge is 0.137 e. The van der Waals surface area contributed by atoms with Crippen LogP contribution in [0.1, 0.15) is 25.8 Å². The van der Waals surface area contributed by atoms with Crippen molar-refractivity contribution in [1.82, 2.24) is 34.7 Å². The van der Waals surface area contributed by atoms with Crippen LogP contribution < -0.4 is 0 Å². The molecule has 7 nitrogen and oxygen atoms in total. The molecular weight excluding hydrogens is 322 g/mol. The fourth-order valence-electron chi connectivity index (χ4n) is 3.30. The van der Waals surface area contributed by atoms with Crippen molar-refractivity contribution in [2.75, 3.05) is 13.1 Å². The van der Waals surface area contributed by atoms with Crippen molar-refractivity contribution in [3.8, 4) is 11.3 Å². The summed E-state index contributed by atoms with van der Waals surface area (Å²) >= 11 is 1.69. The van der Waals surface area contributed by atoms with E-state index in [-0.39, 0.29) is 0 Å². The summed E-state index contributed by atoms with van der Waals surface area (Å²) in [6, 6.07) is 3.00. The summed E-state index contributed by atoms with van der Waals surface area (Å²) in [4.78, 5) is 6.53. The van der Waals surface area contributed by atoms with Crippen molar-refractivity contribution in [2.24, 2.45) is 0 Å². The molecule has 0 bridgehead atoms. The zero-order chi connectivity index (χ0) is 16.4. The Bertz CT molecular complexity index is 741. The monoisotopic (exact) mass is 343 g/mol. The van der Waals surface area contributed by atoms with Gasteiger partial charge in [-0.1, -0.05) is 5.21 Å². The van der Waals surface area contributed by atoms with Crippen LogP contribution in [0.3, 0.4) is 0 Å². The molecular formula is C16H21N7S. The first kappa shape index (κ1) is 15.5. The summed E-state index contributed by atoms with van der Waals surface area (Å²) < 4.78 is 3.95. The Morgan fingerprint density at radius 3 is 2.92 bits per heavy atom. The molecule has 0 amide bonds. The summed E-state index contributed by atoms with van der Waals surface area (Å²) in [7, 11) is 0. The summed E-state index contributed by atoms with van der Waals surface area (Å²) in [5, 5.41) is 17.1. The lowest BCUT2D eigenvalue weighted by molar-refractivity contribution is 0.125. The zero-order valence-electron chi connectivity index (χ0n) is 13.7. The van der Waals surface area contributed by atoms with Gasteiger partial charge in [0.2, 0.25) is 0 Å². The third kappa shape index (κ3) is 3.25. The van der Waals surface area contributed by atoms with Gasteiger partial charge in [0.1, 0.15) is 18.3 Å². The van der Waals surface area contributed by atoms with Crippen LogP contribution in [0.25, 0.3) is 11.3 Å². The Balaban J connectivity index is 1.34. The van der Waals surface area contributed by atoms with Crippen LogP contribution in [0.2, 0.25) is 0 Å². The first-order chi connectivity index (χ1) is 11.8. The van der Waals surface area contributed by atoms with Crippen LogP contribution in [0.4, 0.5) is 0 Å². The molecule has 8 heteroatoms. The maximum Gasteiger partial charge on any atom is 0.137 e. The molecule has 126 valence electrons. The second kappa shape index (κ2) is 6.82. The van der Waals surface area contributed by atoms with Crippen LogP contribution >= 0.6 is 11.3 Å². The van der Waals surface area contributed by atoms with Gasteiger partial charge in [0, 0.05) is 30.1 Å². The van der Waals surface area contributed by atoms with Crippen molar-refractivity contribution in [1.29, 1.82) is 0 Å². The normalized spacial score (nSPS) is 18.0. The van der Waals surface area contributed by atoms with Gasteiger partial charge < -0.3 is 0 Å². The fourth-order valence-corrected chi connectivity index (χ4v) is 3.95. The van der Waals surface area contributed by atoms with E-state index in [1.807, 2.05) is 9.36 Å². The van der Waals surface area contributed by atoms with Crippen LogP contribution in [0.15, 0.2) is 35.7 Å². The van der Waals surface area contributed by atoms with Crippen molar-refractivity contribution in [3.63, 3.8) is 0 Å². The van der Waals surface area contributed by atoms with Crippen LogP contribution in [0.5, 0.6) is 0 Å². The van der Waals surface area contributed by atoms with E-state index >= 15 is 0 Å². The molecule has 0 saturated carbocycles. The molecule has 0 aromatic carbocycles. The first-order valence-electron chi connectivity index (χ1n) is 8.30. The number of aromatic nitrogens is 6. The fraction of sp³-hybridized carbons (Fsp3) is 0.500. The number of rotatable bonds is 5. The zero-order valence-corrected chi connectivity index (χ0v) is 14.5. The molecule has 4 heterocycles. The molecule has 0 aliphatic carbocycles. The molecule has 3 aromatic rings. The number of hydrogen-bond donors (Lipinski definition) is 0. The van der Waals surface area contributed by atoms with Gasteiger partial charge in [-0.3, -0.25) is 9.58 Å². The Hall–Kier alpha value is -2.06. The van der Waals surface area contributed by atoms with Crippen LogP contribution in [-0.4, -0.2) is 53.8 Å². The average molecular weight is 343 g/mol. The van der Waals surface area contributed by atoms with Crippen molar-refractivity contribution < 1.29 is 0 Å². The van der Waals surface area contributed by atoms with E-state index in [0.717, 1.165) is 43.7 Å². The molecule has 24 heavy (non-hydrogen) atoms. The van der Waals surface area contributed by atoms with E-state index in [1.54, 1.807) is 24.0 Å². The second-order valence-corrected chi connectivity index (χ2v) is 7.11. The minimum absolute atomic E-state index is 0.444. The Kier molecular flexibility index (Phi) is 4.40. The molecule has 4 rings (SSSR count). The maximum absolute atomic E-state index is 4.36. The maximum atomic E-state index is 4.36. The first-order valence-corrected chi connectivity index (χ1v) is 9.25. The molecule has 0 spiro atoms. The molecule has 0 N–H and O–H groups in total. The van der Waals surface area contributed by atoms with E-state index in [4.69, 9.17) is 0 Å². The highest BCUT2D eigenvalue weighted by atomic mass is 32.1. The summed E-state index contributed by atoms with van der Waals surface area (Å²) in [6.45, 7) is 5.30. The molecule has 1 atom stereocenters. The highest BCUT2D eigenvalue weighted by molar-refractivity contribution is 7.08. The van der Waals surface area contributed by atoms with E-state index in [1.165, 1.54) is 0 Å². The third-order valence-electron chi connectivity index (χ3n) is 4.74. The molecule has 1 saturated heterocycles. The number of likely N-dealkylation sites (tertiary alicyclic amines) is 1. The topological polar surface area (TPSA) is 64.7 Å². The SMILES string of the molecule is CC(Cn1cncn1)N1CCC(n2cc(-c3ccsc3)nn2)CC1. The van der Waals surface area contributed by atoms with Crippen molar-refractivity contribution >= 4 is 11.3 Å². The average Bonchev–Trinajstić information content (AvgIpc) is 3.36. The summed E-state index contributed by atoms with van der Waals surface area (Å²) in [6.07, 6.45) is 7.67. The lowest BCUT2D eigenvalue weighted by Gasteiger charge is -2.35. The van der Waals surface area contributed by atoms with Gasteiger partial charge in [0.15, 0.2) is 0 Å². The molecule has 0 radical (unpaired) electrons. The molecule has 1 fully saturated rings. The molecule has 3 aromatic heterocycles. The van der Waals surface area contributed by atoms with E-state index < -0.39 is 0 Å². The van der Waals surface area contributed by atoms with Gasteiger partial charge in [0.25, 0.3) is 0 Å². The molecule has 1 aliphatic heterocycles. The number of hydrogen-bond acceptors (Lipinski definition) is 6.